The van der Waals surface area contributed by atoms with Crippen molar-refractivity contribution in [1.29, 1.82) is 0 Å². The van der Waals surface area contributed by atoms with Crippen molar-refractivity contribution in [2.75, 3.05) is 13.2 Å². The van der Waals surface area contributed by atoms with Gasteiger partial charge in [0.2, 0.25) is 5.91 Å². The van der Waals surface area contributed by atoms with Crippen LogP contribution in [-0.2, 0) is 14.3 Å². The normalized spacial score (nSPS) is 15.4. The predicted octanol–water partition coefficient (Wildman–Crippen LogP) is 3.67. The fourth-order valence-corrected chi connectivity index (χ4v) is 4.25. The Kier molecular flexibility index (Phi) is 6.73. The molecule has 2 aromatic carbocycles. The number of aliphatic carboxylic acids is 1. The van der Waals surface area contributed by atoms with E-state index in [9.17, 15) is 14.4 Å². The molecule has 2 aliphatic rings. The smallest absolute Gasteiger partial charge is 0.407 e. The van der Waals surface area contributed by atoms with Crippen LogP contribution in [-0.4, -0.2) is 42.3 Å². The van der Waals surface area contributed by atoms with Crippen molar-refractivity contribution < 1.29 is 24.2 Å². The van der Waals surface area contributed by atoms with Crippen molar-refractivity contribution in [3.05, 3.63) is 59.7 Å². The topological polar surface area (TPSA) is 105 Å². The van der Waals surface area contributed by atoms with Gasteiger partial charge in [0, 0.05) is 18.9 Å². The third-order valence-corrected chi connectivity index (χ3v) is 6.15. The molecule has 7 heteroatoms. The standard InChI is InChI=1S/C25H28N2O5/c28-23(29)12-11-22(24(30)26-14-13-16-9-10-16)27-25(31)32-15-21-19-7-3-1-5-17(19)18-6-2-4-8-20(18)21/h1-8,16,21-22H,9-15H2,(H,26,30)(H,27,31)(H,28,29). The summed E-state index contributed by atoms with van der Waals surface area (Å²) in [5.74, 6) is -0.809. The lowest BCUT2D eigenvalue weighted by atomic mass is 9.98. The van der Waals surface area contributed by atoms with Gasteiger partial charge in [-0.3, -0.25) is 9.59 Å². The summed E-state index contributed by atoms with van der Waals surface area (Å²) < 4.78 is 5.50. The number of rotatable bonds is 10. The quantitative estimate of drug-likeness (QED) is 0.527. The fourth-order valence-electron chi connectivity index (χ4n) is 4.25. The predicted molar refractivity (Wildman–Crippen MR) is 119 cm³/mol. The van der Waals surface area contributed by atoms with Crippen LogP contribution < -0.4 is 10.6 Å². The molecule has 1 atom stereocenters. The van der Waals surface area contributed by atoms with E-state index in [1.165, 1.54) is 12.8 Å². The minimum absolute atomic E-state index is 0.00872. The molecule has 0 aromatic heterocycles. The maximum Gasteiger partial charge on any atom is 0.407 e. The SMILES string of the molecule is O=C(O)CCC(NC(=O)OCC1c2ccccc2-c2ccccc21)C(=O)NCCC1CC1. The van der Waals surface area contributed by atoms with Crippen LogP contribution in [0.25, 0.3) is 11.1 Å². The molecule has 2 aliphatic carbocycles. The van der Waals surface area contributed by atoms with Gasteiger partial charge in [-0.2, -0.15) is 0 Å². The lowest BCUT2D eigenvalue weighted by molar-refractivity contribution is -0.137. The summed E-state index contributed by atoms with van der Waals surface area (Å²) >= 11 is 0. The maximum absolute atomic E-state index is 12.5. The van der Waals surface area contributed by atoms with Crippen molar-refractivity contribution >= 4 is 18.0 Å². The van der Waals surface area contributed by atoms with E-state index in [4.69, 9.17) is 9.84 Å². The van der Waals surface area contributed by atoms with Gasteiger partial charge in [0.15, 0.2) is 0 Å². The van der Waals surface area contributed by atoms with Gasteiger partial charge in [-0.15, -0.1) is 0 Å². The summed E-state index contributed by atoms with van der Waals surface area (Å²) in [6, 6.07) is 15.1. The highest BCUT2D eigenvalue weighted by Gasteiger charge is 2.30. The van der Waals surface area contributed by atoms with Crippen LogP contribution in [0.3, 0.4) is 0 Å². The largest absolute Gasteiger partial charge is 0.481 e. The molecule has 0 spiro atoms. The van der Waals surface area contributed by atoms with Gasteiger partial charge in [-0.1, -0.05) is 61.4 Å². The van der Waals surface area contributed by atoms with Gasteiger partial charge < -0.3 is 20.5 Å². The van der Waals surface area contributed by atoms with Crippen LogP contribution in [0.4, 0.5) is 4.79 Å². The van der Waals surface area contributed by atoms with Crippen molar-refractivity contribution in [2.45, 2.75) is 44.1 Å². The molecule has 4 rings (SSSR count). The lowest BCUT2D eigenvalue weighted by Crippen LogP contribution is -2.47. The van der Waals surface area contributed by atoms with E-state index in [1.807, 2.05) is 36.4 Å². The van der Waals surface area contributed by atoms with Crippen LogP contribution in [0.15, 0.2) is 48.5 Å². The molecule has 1 unspecified atom stereocenters. The third kappa shape index (κ3) is 5.28. The Hall–Kier alpha value is -3.35. The van der Waals surface area contributed by atoms with Gasteiger partial charge >= 0.3 is 12.1 Å². The number of hydrogen-bond acceptors (Lipinski definition) is 4. The van der Waals surface area contributed by atoms with E-state index in [2.05, 4.69) is 22.8 Å². The molecule has 1 saturated carbocycles. The fraction of sp³-hybridized carbons (Fsp3) is 0.400. The molecule has 32 heavy (non-hydrogen) atoms. The average molecular weight is 437 g/mol. The number of hydrogen-bond donors (Lipinski definition) is 3. The van der Waals surface area contributed by atoms with E-state index in [0.29, 0.717) is 12.5 Å². The zero-order chi connectivity index (χ0) is 22.5. The summed E-state index contributed by atoms with van der Waals surface area (Å²) in [4.78, 5) is 36.0. The number of nitrogens with one attached hydrogen (secondary N) is 2. The summed E-state index contributed by atoms with van der Waals surface area (Å²) in [7, 11) is 0. The Labute approximate surface area is 187 Å². The van der Waals surface area contributed by atoms with Crippen LogP contribution in [0.1, 0.15) is 49.1 Å². The van der Waals surface area contributed by atoms with E-state index >= 15 is 0 Å². The van der Waals surface area contributed by atoms with Crippen LogP contribution in [0, 0.1) is 5.92 Å². The highest BCUT2D eigenvalue weighted by molar-refractivity contribution is 5.86. The van der Waals surface area contributed by atoms with E-state index in [-0.39, 0.29) is 31.3 Å². The number of amides is 2. The van der Waals surface area contributed by atoms with Crippen LogP contribution in [0.2, 0.25) is 0 Å². The molecule has 0 bridgehead atoms. The molecule has 0 heterocycles. The number of carboxylic acid groups (broad SMARTS) is 1. The number of fused-ring (bicyclic) bond motifs is 3. The summed E-state index contributed by atoms with van der Waals surface area (Å²) in [6.07, 6.45) is 2.35. The van der Waals surface area contributed by atoms with Crippen molar-refractivity contribution in [1.82, 2.24) is 10.6 Å². The maximum atomic E-state index is 12.5. The lowest BCUT2D eigenvalue weighted by Gasteiger charge is -2.19. The van der Waals surface area contributed by atoms with E-state index in [0.717, 1.165) is 28.7 Å². The molecule has 2 aromatic rings. The molecular weight excluding hydrogens is 408 g/mol. The molecule has 1 fully saturated rings. The summed E-state index contributed by atoms with van der Waals surface area (Å²) in [5, 5.41) is 14.4. The number of ether oxygens (including phenoxy) is 1. The van der Waals surface area contributed by atoms with Crippen LogP contribution >= 0.6 is 0 Å². The molecular formula is C25H28N2O5. The molecule has 3 N–H and O–H groups in total. The number of carbonyl (C=O) groups excluding carboxylic acids is 2. The first kappa shape index (κ1) is 21.9. The van der Waals surface area contributed by atoms with E-state index in [1.54, 1.807) is 0 Å². The van der Waals surface area contributed by atoms with Gasteiger partial charge in [0.1, 0.15) is 12.6 Å². The zero-order valence-corrected chi connectivity index (χ0v) is 17.9. The Morgan fingerprint density at radius 2 is 1.62 bits per heavy atom. The number of carbonyl (C=O) groups is 3. The minimum atomic E-state index is -1.02. The highest BCUT2D eigenvalue weighted by atomic mass is 16.5. The number of carboxylic acids is 1. The summed E-state index contributed by atoms with van der Waals surface area (Å²) in [6.45, 7) is 0.661. The molecule has 0 radical (unpaired) electrons. The first-order valence-corrected chi connectivity index (χ1v) is 11.1. The van der Waals surface area contributed by atoms with Gasteiger partial charge in [-0.05, 0) is 41.0 Å². The summed E-state index contributed by atoms with van der Waals surface area (Å²) in [5.41, 5.74) is 4.46. The zero-order valence-electron chi connectivity index (χ0n) is 17.9. The van der Waals surface area contributed by atoms with Gasteiger partial charge in [0.05, 0.1) is 0 Å². The Morgan fingerprint density at radius 1 is 1.00 bits per heavy atom. The first-order chi connectivity index (χ1) is 15.5. The second-order valence-corrected chi connectivity index (χ2v) is 8.48. The third-order valence-electron chi connectivity index (χ3n) is 6.15. The van der Waals surface area contributed by atoms with Crippen molar-refractivity contribution in [3.8, 4) is 11.1 Å². The second-order valence-electron chi connectivity index (χ2n) is 8.48. The van der Waals surface area contributed by atoms with Gasteiger partial charge in [-0.25, -0.2) is 4.79 Å². The van der Waals surface area contributed by atoms with Crippen molar-refractivity contribution in [3.63, 3.8) is 0 Å². The van der Waals surface area contributed by atoms with E-state index < -0.39 is 18.1 Å². The van der Waals surface area contributed by atoms with Gasteiger partial charge in [0.25, 0.3) is 0 Å². The molecule has 7 nitrogen and oxygen atoms in total. The highest BCUT2D eigenvalue weighted by Crippen LogP contribution is 2.44. The van der Waals surface area contributed by atoms with Crippen LogP contribution in [0.5, 0.6) is 0 Å². The molecule has 168 valence electrons. The molecule has 2 amide bonds. The molecule has 0 aliphatic heterocycles. The second kappa shape index (κ2) is 9.85. The van der Waals surface area contributed by atoms with Crippen molar-refractivity contribution in [2.24, 2.45) is 5.92 Å². The Bertz CT molecular complexity index is 956. The first-order valence-electron chi connectivity index (χ1n) is 11.1. The number of benzene rings is 2. The Morgan fingerprint density at radius 3 is 2.22 bits per heavy atom. The number of alkyl carbamates (subject to hydrolysis) is 1. The monoisotopic (exact) mass is 436 g/mol. The average Bonchev–Trinajstić information content (AvgIpc) is 3.56. The Balaban J connectivity index is 1.36. The molecule has 0 saturated heterocycles. The minimum Gasteiger partial charge on any atom is -0.481 e.